The van der Waals surface area contributed by atoms with E-state index in [1.165, 1.54) is 17.2 Å². The first kappa shape index (κ1) is 20.4. The Hall–Kier alpha value is -2.32. The second kappa shape index (κ2) is 6.63. The van der Waals surface area contributed by atoms with E-state index in [0.29, 0.717) is 5.56 Å². The van der Waals surface area contributed by atoms with E-state index < -0.39 is 29.4 Å². The lowest BCUT2D eigenvalue weighted by Crippen LogP contribution is -2.69. The third-order valence-corrected chi connectivity index (χ3v) is 6.05. The van der Waals surface area contributed by atoms with E-state index in [9.17, 15) is 22.8 Å². The average Bonchev–Trinajstić information content (AvgIpc) is 2.55. The number of aromatic nitrogens is 1. The van der Waals surface area contributed by atoms with Gasteiger partial charge in [0.05, 0.1) is 0 Å². The second-order valence-electron chi connectivity index (χ2n) is 8.68. The molecule has 1 aliphatic heterocycles. The normalized spacial score (nSPS) is 26.4. The molecule has 0 aromatic carbocycles. The molecule has 3 rings (SSSR count). The summed E-state index contributed by atoms with van der Waals surface area (Å²) in [6.07, 6.45) is -1.80. The van der Waals surface area contributed by atoms with Crippen LogP contribution in [0.2, 0.25) is 0 Å². The maximum absolute atomic E-state index is 12.9. The van der Waals surface area contributed by atoms with Crippen molar-refractivity contribution >= 4 is 11.9 Å². The maximum atomic E-state index is 12.9. The summed E-state index contributed by atoms with van der Waals surface area (Å²) in [6, 6.07) is 1.56. The summed E-state index contributed by atoms with van der Waals surface area (Å²) in [7, 11) is 0. The number of piperazine rings is 1. The van der Waals surface area contributed by atoms with Gasteiger partial charge in [-0.05, 0) is 42.7 Å². The minimum atomic E-state index is -4.54. The smallest absolute Gasteiger partial charge is 0.352 e. The Bertz CT molecular complexity index is 770. The number of rotatable bonds is 3. The van der Waals surface area contributed by atoms with Crippen LogP contribution in [0.25, 0.3) is 0 Å². The second-order valence-corrected chi connectivity index (χ2v) is 8.68. The third-order valence-electron chi connectivity index (χ3n) is 6.05. The highest BCUT2D eigenvalue weighted by atomic mass is 19.4. The largest absolute Gasteiger partial charge is 0.433 e. The van der Waals surface area contributed by atoms with Gasteiger partial charge in [-0.3, -0.25) is 9.78 Å². The molecule has 2 atom stereocenters. The van der Waals surface area contributed by atoms with Crippen LogP contribution in [0.4, 0.5) is 18.0 Å². The van der Waals surface area contributed by atoms with E-state index >= 15 is 0 Å². The molecule has 2 fully saturated rings. The van der Waals surface area contributed by atoms with Crippen molar-refractivity contribution in [3.05, 3.63) is 29.6 Å². The molecule has 1 aliphatic carbocycles. The van der Waals surface area contributed by atoms with Gasteiger partial charge in [0.1, 0.15) is 11.2 Å². The van der Waals surface area contributed by atoms with E-state index in [0.717, 1.165) is 18.9 Å². The predicted molar refractivity (Wildman–Crippen MR) is 96.2 cm³/mol. The van der Waals surface area contributed by atoms with Crippen molar-refractivity contribution in [2.24, 2.45) is 17.1 Å². The fourth-order valence-electron chi connectivity index (χ4n) is 4.87. The first-order valence-corrected chi connectivity index (χ1v) is 9.25. The number of carbonyl (C=O) groups excluding carboxylic acids is 2. The van der Waals surface area contributed by atoms with E-state index in [4.69, 9.17) is 5.73 Å². The van der Waals surface area contributed by atoms with E-state index in [-0.39, 0.29) is 30.3 Å². The molecule has 1 unspecified atom stereocenters. The van der Waals surface area contributed by atoms with Crippen LogP contribution >= 0.6 is 0 Å². The molecule has 3 N–H and O–H groups in total. The number of amides is 3. The van der Waals surface area contributed by atoms with Crippen molar-refractivity contribution < 1.29 is 22.8 Å². The molecule has 0 radical (unpaired) electrons. The zero-order valence-corrected chi connectivity index (χ0v) is 16.1. The number of primary amides is 1. The number of hydrogen-bond donors (Lipinski definition) is 2. The summed E-state index contributed by atoms with van der Waals surface area (Å²) < 4.78 is 38.8. The van der Waals surface area contributed by atoms with E-state index in [1.54, 1.807) is 6.92 Å². The highest BCUT2D eigenvalue weighted by Crippen LogP contribution is 2.55. The van der Waals surface area contributed by atoms with Gasteiger partial charge in [-0.2, -0.15) is 13.2 Å². The van der Waals surface area contributed by atoms with Crippen LogP contribution in [0.1, 0.15) is 50.8 Å². The van der Waals surface area contributed by atoms with Crippen molar-refractivity contribution in [1.29, 1.82) is 0 Å². The summed E-state index contributed by atoms with van der Waals surface area (Å²) in [5, 5.41) is 2.78. The van der Waals surface area contributed by atoms with Gasteiger partial charge in [0.25, 0.3) is 0 Å². The number of nitrogens with one attached hydrogen (secondary N) is 1. The monoisotopic (exact) mass is 398 g/mol. The Kier molecular flexibility index (Phi) is 4.84. The Morgan fingerprint density at radius 3 is 2.43 bits per heavy atom. The fourth-order valence-corrected chi connectivity index (χ4v) is 4.87. The lowest BCUT2D eigenvalue weighted by molar-refractivity contribution is -0.141. The molecule has 6 nitrogen and oxygen atoms in total. The minimum Gasteiger partial charge on any atom is -0.352 e. The summed E-state index contributed by atoms with van der Waals surface area (Å²) in [4.78, 5) is 29.9. The molecule has 1 saturated carbocycles. The van der Waals surface area contributed by atoms with Crippen molar-refractivity contribution in [3.8, 4) is 0 Å². The van der Waals surface area contributed by atoms with Gasteiger partial charge < -0.3 is 16.0 Å². The van der Waals surface area contributed by atoms with Crippen molar-refractivity contribution in [1.82, 2.24) is 15.2 Å². The molecule has 1 aromatic rings. The SMILES string of the molecule is CC1(C)CC([C@@H](c2ccc(C(F)(F)F)nc2)C2(C)C(=O)NCCN2C(N)=O)C1. The van der Waals surface area contributed by atoms with Crippen LogP contribution in [-0.4, -0.2) is 40.5 Å². The number of halogens is 3. The van der Waals surface area contributed by atoms with Crippen LogP contribution in [0.15, 0.2) is 18.3 Å². The Morgan fingerprint density at radius 2 is 1.96 bits per heavy atom. The topological polar surface area (TPSA) is 88.3 Å². The maximum Gasteiger partial charge on any atom is 0.433 e. The summed E-state index contributed by atoms with van der Waals surface area (Å²) >= 11 is 0. The third kappa shape index (κ3) is 3.42. The van der Waals surface area contributed by atoms with Crippen LogP contribution in [-0.2, 0) is 11.0 Å². The molecule has 9 heteroatoms. The molecule has 3 amide bonds. The lowest BCUT2D eigenvalue weighted by atomic mass is 9.55. The molecular formula is C19H25F3N4O2. The van der Waals surface area contributed by atoms with Gasteiger partial charge in [0, 0.05) is 25.2 Å². The highest BCUT2D eigenvalue weighted by Gasteiger charge is 2.56. The molecule has 0 spiro atoms. The molecule has 2 heterocycles. The molecule has 154 valence electrons. The number of pyridine rings is 1. The summed E-state index contributed by atoms with van der Waals surface area (Å²) in [5.74, 6) is -0.848. The predicted octanol–water partition coefficient (Wildman–Crippen LogP) is 2.89. The molecule has 2 aliphatic rings. The quantitative estimate of drug-likeness (QED) is 0.821. The van der Waals surface area contributed by atoms with E-state index in [2.05, 4.69) is 24.1 Å². The zero-order valence-electron chi connectivity index (χ0n) is 16.1. The van der Waals surface area contributed by atoms with Gasteiger partial charge in [-0.25, -0.2) is 4.79 Å². The molecule has 1 aromatic heterocycles. The van der Waals surface area contributed by atoms with Crippen molar-refractivity contribution in [2.75, 3.05) is 13.1 Å². The fraction of sp³-hybridized carbons (Fsp3) is 0.632. The van der Waals surface area contributed by atoms with Crippen molar-refractivity contribution in [2.45, 2.75) is 51.2 Å². The van der Waals surface area contributed by atoms with Gasteiger partial charge >= 0.3 is 12.2 Å². The van der Waals surface area contributed by atoms with Crippen LogP contribution < -0.4 is 11.1 Å². The minimum absolute atomic E-state index is 0.0178. The summed E-state index contributed by atoms with van der Waals surface area (Å²) in [6.45, 7) is 6.37. The number of nitrogens with two attached hydrogens (primary N) is 1. The first-order valence-electron chi connectivity index (χ1n) is 9.25. The molecule has 0 bridgehead atoms. The molecule has 28 heavy (non-hydrogen) atoms. The standard InChI is InChI=1S/C19H25F3N4O2/c1-17(2)8-12(9-17)14(11-4-5-13(25-10-11)19(20,21)22)18(3)15(27)24-6-7-26(18)16(23)28/h4-5,10,12,14H,6-9H2,1-3H3,(H2,23,28)(H,24,27)/t14-,18?/m1/s1. The number of urea groups is 1. The molecular weight excluding hydrogens is 373 g/mol. The van der Waals surface area contributed by atoms with Crippen LogP contribution in [0, 0.1) is 11.3 Å². The number of nitrogens with zero attached hydrogens (tertiary/aromatic N) is 2. The molecule has 1 saturated heterocycles. The zero-order chi connectivity index (χ0) is 20.9. The van der Waals surface area contributed by atoms with Crippen LogP contribution in [0.5, 0.6) is 0 Å². The lowest BCUT2D eigenvalue weighted by Gasteiger charge is -2.55. The van der Waals surface area contributed by atoms with Crippen LogP contribution in [0.3, 0.4) is 0 Å². The summed E-state index contributed by atoms with van der Waals surface area (Å²) in [5.41, 5.74) is 3.84. The number of alkyl halides is 3. The number of hydrogen-bond acceptors (Lipinski definition) is 3. The van der Waals surface area contributed by atoms with E-state index in [1.807, 2.05) is 0 Å². The number of carbonyl (C=O) groups is 2. The van der Waals surface area contributed by atoms with Crippen molar-refractivity contribution in [3.63, 3.8) is 0 Å². The van der Waals surface area contributed by atoms with Gasteiger partial charge in [0.2, 0.25) is 5.91 Å². The Balaban J connectivity index is 2.06. The van der Waals surface area contributed by atoms with Gasteiger partial charge in [-0.15, -0.1) is 0 Å². The first-order chi connectivity index (χ1) is 12.9. The Morgan fingerprint density at radius 1 is 1.32 bits per heavy atom. The highest BCUT2D eigenvalue weighted by molar-refractivity contribution is 5.92. The van der Waals surface area contributed by atoms with Gasteiger partial charge in [0.15, 0.2) is 0 Å². The average molecular weight is 398 g/mol. The van der Waals surface area contributed by atoms with Gasteiger partial charge in [-0.1, -0.05) is 19.9 Å². The Labute approximate surface area is 161 Å².